The van der Waals surface area contributed by atoms with E-state index in [1.54, 1.807) is 0 Å². The molecule has 0 atom stereocenters. The van der Waals surface area contributed by atoms with Gasteiger partial charge in [-0.15, -0.1) is 0 Å². The van der Waals surface area contributed by atoms with Crippen molar-refractivity contribution in [3.05, 3.63) is 290 Å². The molecule has 0 spiro atoms. The van der Waals surface area contributed by atoms with Crippen LogP contribution in [0.15, 0.2) is 273 Å². The molecule has 0 fully saturated rings. The van der Waals surface area contributed by atoms with Crippen molar-refractivity contribution < 1.29 is 14.2 Å². The predicted octanol–water partition coefficient (Wildman–Crippen LogP) is 21.7. The number of fused-ring (bicyclic) bond motifs is 15. The maximum Gasteiger partial charge on any atom is 0.153 e. The average Bonchev–Trinajstić information content (AvgIpc) is 1.54. The van der Waals surface area contributed by atoms with Crippen LogP contribution in [-0.4, -0.2) is 47.8 Å². The van der Waals surface area contributed by atoms with Gasteiger partial charge in [0.15, 0.2) is 34.5 Å². The van der Waals surface area contributed by atoms with Crippen LogP contribution < -0.4 is 14.2 Å². The van der Waals surface area contributed by atoms with Gasteiger partial charge in [0.25, 0.3) is 0 Å². The summed E-state index contributed by atoms with van der Waals surface area (Å²) in [5, 5.41) is 7.61. The van der Waals surface area contributed by atoms with Crippen LogP contribution >= 0.6 is 0 Å². The zero-order valence-electron chi connectivity index (χ0n) is 54.8. The second kappa shape index (κ2) is 22.5. The number of para-hydroxylation sites is 8. The lowest BCUT2D eigenvalue weighted by Crippen LogP contribution is -2.08. The van der Waals surface area contributed by atoms with Crippen LogP contribution in [0.25, 0.3) is 149 Å². The highest BCUT2D eigenvalue weighted by Gasteiger charge is 2.29. The van der Waals surface area contributed by atoms with E-state index in [1.807, 2.05) is 91.0 Å². The van der Waals surface area contributed by atoms with Crippen LogP contribution in [0.2, 0.25) is 0 Å². The molecule has 0 bridgehead atoms. The van der Waals surface area contributed by atoms with Gasteiger partial charge < -0.3 is 23.3 Å². The molecule has 3 aliphatic rings. The van der Waals surface area contributed by atoms with Crippen LogP contribution in [0.4, 0.5) is 0 Å². The maximum absolute atomic E-state index is 6.34. The molecular formula is C87H60N10O3. The van der Waals surface area contributed by atoms with Crippen molar-refractivity contribution in [1.29, 1.82) is 0 Å². The van der Waals surface area contributed by atoms with Crippen LogP contribution in [-0.2, 0) is 19.3 Å². The molecule has 19 aromatic rings. The van der Waals surface area contributed by atoms with E-state index in [1.165, 1.54) is 54.4 Å². The van der Waals surface area contributed by atoms with E-state index < -0.39 is 0 Å². The molecule has 0 saturated carbocycles. The largest absolute Gasteiger partial charge is 0.453 e. The quantitative estimate of drug-likeness (QED) is 0.155. The van der Waals surface area contributed by atoms with Crippen molar-refractivity contribution in [1.82, 2.24) is 47.8 Å². The summed E-state index contributed by atoms with van der Waals surface area (Å²) in [5.41, 5.74) is 21.6. The summed E-state index contributed by atoms with van der Waals surface area (Å²) >= 11 is 0. The first-order chi connectivity index (χ1) is 49.4. The van der Waals surface area contributed by atoms with Gasteiger partial charge in [-0.3, -0.25) is 13.7 Å². The zero-order chi connectivity index (χ0) is 66.3. The summed E-state index contributed by atoms with van der Waals surface area (Å²) in [7, 11) is 0. The lowest BCUT2D eigenvalue weighted by Gasteiger charge is -2.22. The van der Waals surface area contributed by atoms with E-state index in [9.17, 15) is 0 Å². The molecule has 0 radical (unpaired) electrons. The minimum atomic E-state index is 0.812. The number of benzene rings is 13. The van der Waals surface area contributed by atoms with Gasteiger partial charge in [0, 0.05) is 63.3 Å². The second-order valence-corrected chi connectivity index (χ2v) is 25.5. The van der Waals surface area contributed by atoms with Crippen molar-refractivity contribution in [3.63, 3.8) is 0 Å². The maximum atomic E-state index is 6.34. The Kier molecular flexibility index (Phi) is 12.8. The fourth-order valence-electron chi connectivity index (χ4n) is 15.5. The molecular weight excluding hydrogens is 1230 g/mol. The van der Waals surface area contributed by atoms with Gasteiger partial charge in [-0.25, -0.2) is 24.9 Å². The fourth-order valence-corrected chi connectivity index (χ4v) is 15.5. The molecule has 22 rings (SSSR count). The number of imidazole rings is 3. The summed E-state index contributed by atoms with van der Waals surface area (Å²) in [6, 6.07) is 94.6. The summed E-state index contributed by atoms with van der Waals surface area (Å²) in [6.45, 7) is 6.43. The standard InChI is InChI=1S/C31H21N3O.C29H20N4O.C27H19N3O/c1-2-29-32-23-11-7-13-28-31(23)34(29)26-18-20(15-17-27(26)35-28)33-24-12-6-5-10-22(24)30-21-9-4-3-8-19(21)14-16-25(30)33;1-2-26-30-22-13-8-14-25-29(22)33(26)23-17-19(15-16-24(23)34-25)28-27(18-9-4-3-5-10-18)31-20-11-6-7-12-21(20)32-28;1-2-26-28-20-10-7-13-25-27(20)30(26)23-16-17(14-15-24(23)31-25)29-21-11-5-3-8-18(21)19-9-4-6-12-22(19)29/h3-18H,2H2,1H3;3-17H,2H2,1H3;3-16H,2H2,1H3. The number of hydrogen-bond donors (Lipinski definition) is 0. The van der Waals surface area contributed by atoms with E-state index in [4.69, 9.17) is 39.1 Å². The summed E-state index contributed by atoms with van der Waals surface area (Å²) in [4.78, 5) is 24.7. The van der Waals surface area contributed by atoms with E-state index in [0.29, 0.717) is 0 Å². The molecule has 9 heterocycles. The minimum absolute atomic E-state index is 0.812. The summed E-state index contributed by atoms with van der Waals surface area (Å²) in [6.07, 6.45) is 2.52. The van der Waals surface area contributed by atoms with Gasteiger partial charge in [-0.05, 0) is 138 Å². The van der Waals surface area contributed by atoms with E-state index >= 15 is 0 Å². The molecule has 13 heteroatoms. The monoisotopic (exact) mass is 1290 g/mol. The molecule has 0 aliphatic carbocycles. The van der Waals surface area contributed by atoms with Crippen molar-refractivity contribution in [2.45, 2.75) is 40.0 Å². The minimum Gasteiger partial charge on any atom is -0.453 e. The highest BCUT2D eigenvalue weighted by molar-refractivity contribution is 6.21. The number of hydrogen-bond acceptors (Lipinski definition) is 8. The zero-order valence-corrected chi connectivity index (χ0v) is 54.8. The Labute approximate surface area is 573 Å². The van der Waals surface area contributed by atoms with Gasteiger partial charge in [0.2, 0.25) is 0 Å². The average molecular weight is 1290 g/mol. The molecule has 13 nitrogen and oxygen atoms in total. The number of aromatic nitrogens is 10. The molecule has 6 aromatic heterocycles. The SMILES string of the molecule is CCc1nc2cccc3c2n1-c1cc(-c2nc4ccccc4nc2-c2ccccc2)ccc1O3.CCc1nc2cccc3c2n1-c1cc(-n2c4ccccc4c4c5ccccc5ccc42)ccc1O3.CCc1nc2cccc3c2n1-c1cc(-n2c4ccccc4c4ccccc42)ccc1O3. The van der Waals surface area contributed by atoms with Crippen LogP contribution in [0, 0.1) is 0 Å². The first-order valence-corrected chi connectivity index (χ1v) is 34.2. The Balaban J connectivity index is 0.000000101. The molecule has 3 aliphatic heterocycles. The Morgan fingerprint density at radius 1 is 0.270 bits per heavy atom. The molecule has 13 aromatic carbocycles. The van der Waals surface area contributed by atoms with Crippen molar-refractivity contribution >= 4 is 98.5 Å². The van der Waals surface area contributed by atoms with Gasteiger partial charge in [0.05, 0.1) is 78.1 Å². The van der Waals surface area contributed by atoms with Gasteiger partial charge in [0.1, 0.15) is 34.0 Å². The number of aryl methyl sites for hydroxylation is 3. The van der Waals surface area contributed by atoms with Crippen molar-refractivity contribution in [2.75, 3.05) is 0 Å². The number of rotatable bonds is 7. The highest BCUT2D eigenvalue weighted by atomic mass is 16.5. The molecule has 100 heavy (non-hydrogen) atoms. The number of nitrogens with zero attached hydrogens (tertiary/aromatic N) is 10. The molecule has 0 N–H and O–H groups in total. The van der Waals surface area contributed by atoms with E-state index in [2.05, 4.69) is 226 Å². The van der Waals surface area contributed by atoms with Crippen molar-refractivity contribution in [3.8, 4) is 85.4 Å². The molecule has 0 saturated heterocycles. The Morgan fingerprint density at radius 2 is 0.670 bits per heavy atom. The normalized spacial score (nSPS) is 12.3. The fraction of sp³-hybridized carbons (Fsp3) is 0.0690. The number of ether oxygens (including phenoxy) is 3. The smallest absolute Gasteiger partial charge is 0.153 e. The highest BCUT2D eigenvalue weighted by Crippen LogP contribution is 2.48. The van der Waals surface area contributed by atoms with Crippen LogP contribution in [0.3, 0.4) is 0 Å². The molecule has 476 valence electrons. The van der Waals surface area contributed by atoms with Crippen molar-refractivity contribution in [2.24, 2.45) is 0 Å². The Bertz CT molecular complexity index is 6560. The van der Waals surface area contributed by atoms with Gasteiger partial charge in [-0.2, -0.15) is 0 Å². The summed E-state index contributed by atoms with van der Waals surface area (Å²) < 4.78 is 30.4. The lowest BCUT2D eigenvalue weighted by atomic mass is 10.0. The second-order valence-electron chi connectivity index (χ2n) is 25.5. The topological polar surface area (TPSA) is 117 Å². The lowest BCUT2D eigenvalue weighted by molar-refractivity contribution is 0.474. The third-order valence-corrected chi connectivity index (χ3v) is 19.9. The molecule has 0 amide bonds. The van der Waals surface area contributed by atoms with E-state index in [-0.39, 0.29) is 0 Å². The Hall–Kier alpha value is -13.1. The third-order valence-electron chi connectivity index (χ3n) is 19.9. The summed E-state index contributed by atoms with van der Waals surface area (Å²) in [5.74, 6) is 8.18. The van der Waals surface area contributed by atoms with Crippen LogP contribution in [0.1, 0.15) is 38.2 Å². The van der Waals surface area contributed by atoms with E-state index in [0.717, 1.165) is 166 Å². The van der Waals surface area contributed by atoms with Crippen LogP contribution in [0.5, 0.6) is 34.5 Å². The Morgan fingerprint density at radius 3 is 1.18 bits per heavy atom. The predicted molar refractivity (Wildman–Crippen MR) is 402 cm³/mol. The first-order valence-electron chi connectivity index (χ1n) is 34.2. The van der Waals surface area contributed by atoms with Gasteiger partial charge >= 0.3 is 0 Å². The van der Waals surface area contributed by atoms with Gasteiger partial charge in [-0.1, -0.05) is 166 Å². The first kappa shape index (κ1) is 57.1. The molecule has 0 unspecified atom stereocenters. The third kappa shape index (κ3) is 8.71.